The largest absolute Gasteiger partial charge is 0.389 e. The van der Waals surface area contributed by atoms with E-state index >= 15 is 0 Å². The molecule has 1 aromatic carbocycles. The second-order valence-corrected chi connectivity index (χ2v) is 6.04. The van der Waals surface area contributed by atoms with E-state index in [2.05, 4.69) is 48.5 Å². The highest BCUT2D eigenvalue weighted by atomic mass is 16.3. The van der Waals surface area contributed by atoms with E-state index in [1.54, 1.807) is 0 Å². The zero-order valence-electron chi connectivity index (χ0n) is 12.9. The Morgan fingerprint density at radius 1 is 1.32 bits per heavy atom. The average molecular weight is 264 g/mol. The minimum absolute atomic E-state index is 0.366. The Kier molecular flexibility index (Phi) is 5.98. The van der Waals surface area contributed by atoms with Crippen LogP contribution >= 0.6 is 0 Å². The summed E-state index contributed by atoms with van der Waals surface area (Å²) >= 11 is 0. The molecular formula is C16H28N2O. The number of nitrogens with zero attached hydrogens (tertiary/aromatic N) is 1. The van der Waals surface area contributed by atoms with Crippen LogP contribution in [0.1, 0.15) is 37.4 Å². The Morgan fingerprint density at radius 3 is 2.47 bits per heavy atom. The van der Waals surface area contributed by atoms with Crippen molar-refractivity contribution in [1.29, 1.82) is 0 Å². The van der Waals surface area contributed by atoms with Crippen LogP contribution in [0.25, 0.3) is 0 Å². The number of aryl methyl sites for hydroxylation is 1. The molecule has 2 N–H and O–H groups in total. The Hall–Kier alpha value is -0.900. The maximum atomic E-state index is 9.81. The number of hydrogen-bond acceptors (Lipinski definition) is 3. The zero-order chi connectivity index (χ0) is 14.5. The molecule has 108 valence electrons. The van der Waals surface area contributed by atoms with Crippen LogP contribution in [0.15, 0.2) is 24.3 Å². The highest BCUT2D eigenvalue weighted by Crippen LogP contribution is 2.20. The zero-order valence-corrected chi connectivity index (χ0v) is 12.9. The van der Waals surface area contributed by atoms with E-state index in [9.17, 15) is 5.11 Å². The first-order valence-electron chi connectivity index (χ1n) is 6.97. The molecule has 3 heteroatoms. The van der Waals surface area contributed by atoms with Crippen molar-refractivity contribution >= 4 is 0 Å². The molecule has 1 unspecified atom stereocenters. The SMILES string of the molecule is CNC(CCN(C)CC(C)(C)O)c1ccccc1C. The molecule has 3 nitrogen and oxygen atoms in total. The molecule has 1 rings (SSSR count). The molecule has 0 bridgehead atoms. The average Bonchev–Trinajstić information content (AvgIpc) is 2.29. The van der Waals surface area contributed by atoms with E-state index in [1.807, 2.05) is 20.9 Å². The fourth-order valence-corrected chi connectivity index (χ4v) is 2.52. The smallest absolute Gasteiger partial charge is 0.0718 e. The van der Waals surface area contributed by atoms with Crippen molar-refractivity contribution in [3.63, 3.8) is 0 Å². The lowest BCUT2D eigenvalue weighted by Gasteiger charge is -2.27. The molecule has 0 aliphatic heterocycles. The fourth-order valence-electron chi connectivity index (χ4n) is 2.52. The summed E-state index contributed by atoms with van der Waals surface area (Å²) in [5, 5.41) is 13.2. The van der Waals surface area contributed by atoms with Crippen molar-refractivity contribution in [3.05, 3.63) is 35.4 Å². The number of aliphatic hydroxyl groups is 1. The van der Waals surface area contributed by atoms with Gasteiger partial charge in [0, 0.05) is 12.6 Å². The quantitative estimate of drug-likeness (QED) is 0.793. The molecule has 0 radical (unpaired) electrons. The van der Waals surface area contributed by atoms with Crippen molar-refractivity contribution in [1.82, 2.24) is 10.2 Å². The van der Waals surface area contributed by atoms with Gasteiger partial charge in [0.05, 0.1) is 5.60 Å². The summed E-state index contributed by atoms with van der Waals surface area (Å²) < 4.78 is 0. The lowest BCUT2D eigenvalue weighted by atomic mass is 9.98. The first-order valence-corrected chi connectivity index (χ1v) is 6.97. The molecule has 0 aliphatic rings. The van der Waals surface area contributed by atoms with Crippen molar-refractivity contribution in [3.8, 4) is 0 Å². The Labute approximate surface area is 117 Å². The van der Waals surface area contributed by atoms with Crippen molar-refractivity contribution in [2.75, 3.05) is 27.2 Å². The summed E-state index contributed by atoms with van der Waals surface area (Å²) in [6, 6.07) is 8.87. The highest BCUT2D eigenvalue weighted by molar-refractivity contribution is 5.28. The minimum atomic E-state index is -0.632. The van der Waals surface area contributed by atoms with Gasteiger partial charge in [-0.1, -0.05) is 24.3 Å². The molecule has 0 aromatic heterocycles. The van der Waals surface area contributed by atoms with E-state index in [0.29, 0.717) is 12.6 Å². The summed E-state index contributed by atoms with van der Waals surface area (Å²) in [6.07, 6.45) is 1.04. The third-order valence-electron chi connectivity index (χ3n) is 3.37. The van der Waals surface area contributed by atoms with E-state index < -0.39 is 5.60 Å². The van der Waals surface area contributed by atoms with Gasteiger partial charge in [-0.3, -0.25) is 0 Å². The second-order valence-electron chi connectivity index (χ2n) is 6.04. The number of likely N-dealkylation sites (N-methyl/N-ethyl adjacent to an activating group) is 1. The number of hydrogen-bond donors (Lipinski definition) is 2. The summed E-state index contributed by atoms with van der Waals surface area (Å²) in [6.45, 7) is 7.50. The van der Waals surface area contributed by atoms with Crippen LogP contribution in [-0.2, 0) is 0 Å². The normalized spacial score (nSPS) is 13.8. The van der Waals surface area contributed by atoms with E-state index in [1.165, 1.54) is 11.1 Å². The van der Waals surface area contributed by atoms with Gasteiger partial charge in [0.2, 0.25) is 0 Å². The van der Waals surface area contributed by atoms with Crippen molar-refractivity contribution < 1.29 is 5.11 Å². The van der Waals surface area contributed by atoms with Crippen molar-refractivity contribution in [2.24, 2.45) is 0 Å². The molecule has 0 aliphatic carbocycles. The Balaban J connectivity index is 2.57. The van der Waals surface area contributed by atoms with Gasteiger partial charge in [-0.25, -0.2) is 0 Å². The molecule has 0 spiro atoms. The predicted octanol–water partition coefficient (Wildman–Crippen LogP) is 2.35. The molecule has 0 fully saturated rings. The Morgan fingerprint density at radius 2 is 1.95 bits per heavy atom. The Bertz CT molecular complexity index is 385. The summed E-state index contributed by atoms with van der Waals surface area (Å²) in [4.78, 5) is 2.18. The van der Waals surface area contributed by atoms with Gasteiger partial charge in [0.1, 0.15) is 0 Å². The third-order valence-corrected chi connectivity index (χ3v) is 3.37. The summed E-state index contributed by atoms with van der Waals surface area (Å²) in [7, 11) is 4.07. The monoisotopic (exact) mass is 264 g/mol. The van der Waals surface area contributed by atoms with Gasteiger partial charge in [0.15, 0.2) is 0 Å². The van der Waals surface area contributed by atoms with Crippen LogP contribution in [0.4, 0.5) is 0 Å². The lowest BCUT2D eigenvalue weighted by Crippen LogP contribution is -2.37. The molecule has 0 saturated heterocycles. The summed E-state index contributed by atoms with van der Waals surface area (Å²) in [5.74, 6) is 0. The topological polar surface area (TPSA) is 35.5 Å². The molecule has 1 aromatic rings. The molecule has 0 heterocycles. The van der Waals surface area contributed by atoms with Gasteiger partial charge in [-0.2, -0.15) is 0 Å². The van der Waals surface area contributed by atoms with E-state index in [4.69, 9.17) is 0 Å². The van der Waals surface area contributed by atoms with Crippen LogP contribution in [-0.4, -0.2) is 42.8 Å². The van der Waals surface area contributed by atoms with Gasteiger partial charge in [-0.05, 0) is 59.0 Å². The summed E-state index contributed by atoms with van der Waals surface area (Å²) in [5.41, 5.74) is 2.06. The maximum absolute atomic E-state index is 9.81. The highest BCUT2D eigenvalue weighted by Gasteiger charge is 2.17. The van der Waals surface area contributed by atoms with Crippen LogP contribution in [0, 0.1) is 6.92 Å². The van der Waals surface area contributed by atoms with Crippen LogP contribution in [0.5, 0.6) is 0 Å². The van der Waals surface area contributed by atoms with Gasteiger partial charge in [0.25, 0.3) is 0 Å². The standard InChI is InChI=1S/C16H28N2O/c1-13-8-6-7-9-14(13)15(17-4)10-11-18(5)12-16(2,3)19/h6-9,15,17,19H,10-12H2,1-5H3. The molecule has 0 amide bonds. The fraction of sp³-hybridized carbons (Fsp3) is 0.625. The minimum Gasteiger partial charge on any atom is -0.389 e. The van der Waals surface area contributed by atoms with Gasteiger partial charge in [-0.15, -0.1) is 0 Å². The van der Waals surface area contributed by atoms with E-state index in [-0.39, 0.29) is 0 Å². The van der Waals surface area contributed by atoms with E-state index in [0.717, 1.165) is 13.0 Å². The maximum Gasteiger partial charge on any atom is 0.0718 e. The van der Waals surface area contributed by atoms with Crippen LogP contribution in [0.2, 0.25) is 0 Å². The van der Waals surface area contributed by atoms with Crippen LogP contribution in [0.3, 0.4) is 0 Å². The predicted molar refractivity (Wildman–Crippen MR) is 81.4 cm³/mol. The van der Waals surface area contributed by atoms with Crippen molar-refractivity contribution in [2.45, 2.75) is 38.8 Å². The molecule has 0 saturated carbocycles. The molecule has 1 atom stereocenters. The molecule has 19 heavy (non-hydrogen) atoms. The van der Waals surface area contributed by atoms with Gasteiger partial charge >= 0.3 is 0 Å². The third kappa shape index (κ3) is 5.72. The van der Waals surface area contributed by atoms with Gasteiger partial charge < -0.3 is 15.3 Å². The number of nitrogens with one attached hydrogen (secondary N) is 1. The lowest BCUT2D eigenvalue weighted by molar-refractivity contribution is 0.0436. The number of benzene rings is 1. The second kappa shape index (κ2) is 7.04. The van der Waals surface area contributed by atoms with Crippen LogP contribution < -0.4 is 5.32 Å². The first kappa shape index (κ1) is 16.2. The first-order chi connectivity index (χ1) is 8.83. The number of rotatable bonds is 7. The molecular weight excluding hydrogens is 236 g/mol.